The Morgan fingerprint density at radius 2 is 1.43 bits per heavy atom. The van der Waals surface area contributed by atoms with Gasteiger partial charge in [-0.25, -0.2) is 0 Å². The Morgan fingerprint density at radius 3 is 2.10 bits per heavy atom. The van der Waals surface area contributed by atoms with Crippen LogP contribution < -0.4 is 24.8 Å². The van der Waals surface area contributed by atoms with Crippen LogP contribution in [0.3, 0.4) is 0 Å². The summed E-state index contributed by atoms with van der Waals surface area (Å²) in [6.45, 7) is 0. The molecule has 0 aliphatic carbocycles. The standard InChI is InChI=1S/C23H22N2O5/c1-28-17-10-11-18(21(14-17)30-3)23(27)24-16-9-12-20(29-2)19(13-16)25-22(26)15-7-5-4-6-8-15/h4-14H,1-3H3,(H,24,27)(H,25,26). The van der Waals surface area contributed by atoms with Crippen molar-refractivity contribution < 1.29 is 23.8 Å². The molecule has 0 bridgehead atoms. The average molecular weight is 406 g/mol. The van der Waals surface area contributed by atoms with Crippen molar-refractivity contribution in [3.05, 3.63) is 77.9 Å². The van der Waals surface area contributed by atoms with Gasteiger partial charge < -0.3 is 24.8 Å². The van der Waals surface area contributed by atoms with Crippen molar-refractivity contribution in [2.24, 2.45) is 0 Å². The topological polar surface area (TPSA) is 85.9 Å². The van der Waals surface area contributed by atoms with Gasteiger partial charge in [-0.3, -0.25) is 9.59 Å². The van der Waals surface area contributed by atoms with E-state index in [4.69, 9.17) is 14.2 Å². The van der Waals surface area contributed by atoms with Gasteiger partial charge in [-0.1, -0.05) is 18.2 Å². The third-order valence-corrected chi connectivity index (χ3v) is 4.39. The van der Waals surface area contributed by atoms with E-state index in [1.807, 2.05) is 6.07 Å². The zero-order chi connectivity index (χ0) is 21.5. The van der Waals surface area contributed by atoms with Gasteiger partial charge in [0.1, 0.15) is 17.2 Å². The Hall–Kier alpha value is -4.00. The van der Waals surface area contributed by atoms with Crippen molar-refractivity contribution in [2.75, 3.05) is 32.0 Å². The van der Waals surface area contributed by atoms with Crippen molar-refractivity contribution in [2.45, 2.75) is 0 Å². The van der Waals surface area contributed by atoms with Crippen molar-refractivity contribution in [3.63, 3.8) is 0 Å². The molecule has 0 unspecified atom stereocenters. The van der Waals surface area contributed by atoms with Gasteiger partial charge in [0.2, 0.25) is 0 Å². The second kappa shape index (κ2) is 9.47. The number of nitrogens with one attached hydrogen (secondary N) is 2. The van der Waals surface area contributed by atoms with E-state index in [2.05, 4.69) is 10.6 Å². The zero-order valence-electron chi connectivity index (χ0n) is 16.9. The largest absolute Gasteiger partial charge is 0.497 e. The third kappa shape index (κ3) is 4.70. The van der Waals surface area contributed by atoms with E-state index < -0.39 is 0 Å². The smallest absolute Gasteiger partial charge is 0.259 e. The Morgan fingerprint density at radius 1 is 0.700 bits per heavy atom. The number of rotatable bonds is 7. The van der Waals surface area contributed by atoms with E-state index in [0.717, 1.165) is 0 Å². The fourth-order valence-electron chi connectivity index (χ4n) is 2.85. The highest BCUT2D eigenvalue weighted by Gasteiger charge is 2.15. The predicted octanol–water partition coefficient (Wildman–Crippen LogP) is 4.22. The van der Waals surface area contributed by atoms with Crippen LogP contribution in [-0.4, -0.2) is 33.1 Å². The first-order valence-corrected chi connectivity index (χ1v) is 9.13. The number of carbonyl (C=O) groups is 2. The minimum absolute atomic E-state index is 0.283. The Bertz CT molecular complexity index is 1050. The highest BCUT2D eigenvalue weighted by Crippen LogP contribution is 2.30. The molecule has 0 atom stereocenters. The third-order valence-electron chi connectivity index (χ3n) is 4.39. The molecule has 7 heteroatoms. The molecular weight excluding hydrogens is 384 g/mol. The number of methoxy groups -OCH3 is 3. The molecule has 0 saturated heterocycles. The lowest BCUT2D eigenvalue weighted by atomic mass is 10.1. The number of hydrogen-bond acceptors (Lipinski definition) is 5. The van der Waals surface area contributed by atoms with E-state index in [1.54, 1.807) is 60.7 Å². The lowest BCUT2D eigenvalue weighted by Gasteiger charge is -2.14. The molecule has 3 aromatic carbocycles. The summed E-state index contributed by atoms with van der Waals surface area (Å²) in [6, 6.07) is 18.7. The second-order valence-electron chi connectivity index (χ2n) is 6.26. The first-order chi connectivity index (χ1) is 14.5. The molecular formula is C23H22N2O5. The summed E-state index contributed by atoms with van der Waals surface area (Å²) < 4.78 is 15.8. The van der Waals surface area contributed by atoms with E-state index in [1.165, 1.54) is 21.3 Å². The van der Waals surface area contributed by atoms with Crippen molar-refractivity contribution in [1.29, 1.82) is 0 Å². The van der Waals surface area contributed by atoms with Crippen LogP contribution in [0.25, 0.3) is 0 Å². The maximum atomic E-state index is 12.8. The molecule has 0 aliphatic rings. The van der Waals surface area contributed by atoms with Crippen molar-refractivity contribution in [1.82, 2.24) is 0 Å². The molecule has 0 radical (unpaired) electrons. The van der Waals surface area contributed by atoms with Crippen LogP contribution >= 0.6 is 0 Å². The van der Waals surface area contributed by atoms with Crippen LogP contribution in [0.15, 0.2) is 66.7 Å². The molecule has 0 fully saturated rings. The lowest BCUT2D eigenvalue weighted by Crippen LogP contribution is -2.15. The summed E-state index contributed by atoms with van der Waals surface area (Å²) in [7, 11) is 4.53. The minimum Gasteiger partial charge on any atom is -0.497 e. The number of hydrogen-bond donors (Lipinski definition) is 2. The zero-order valence-corrected chi connectivity index (χ0v) is 16.9. The van der Waals surface area contributed by atoms with Gasteiger partial charge in [0.25, 0.3) is 11.8 Å². The molecule has 3 aromatic rings. The molecule has 0 saturated carbocycles. The predicted molar refractivity (Wildman–Crippen MR) is 115 cm³/mol. The fourth-order valence-corrected chi connectivity index (χ4v) is 2.85. The van der Waals surface area contributed by atoms with Crippen molar-refractivity contribution in [3.8, 4) is 17.2 Å². The first-order valence-electron chi connectivity index (χ1n) is 9.13. The van der Waals surface area contributed by atoms with Crippen LogP contribution in [0.4, 0.5) is 11.4 Å². The fraction of sp³-hybridized carbons (Fsp3) is 0.130. The van der Waals surface area contributed by atoms with E-state index in [-0.39, 0.29) is 11.8 Å². The molecule has 0 aliphatic heterocycles. The normalized spacial score (nSPS) is 10.1. The van der Waals surface area contributed by atoms with Gasteiger partial charge in [-0.2, -0.15) is 0 Å². The summed E-state index contributed by atoms with van der Waals surface area (Å²) in [5.41, 5.74) is 1.79. The Labute approximate surface area is 174 Å². The number of carbonyl (C=O) groups excluding carboxylic acids is 2. The highest BCUT2D eigenvalue weighted by molar-refractivity contribution is 6.08. The lowest BCUT2D eigenvalue weighted by molar-refractivity contribution is 0.101. The first kappa shape index (κ1) is 20.7. The molecule has 3 rings (SSSR count). The van der Waals surface area contributed by atoms with Gasteiger partial charge >= 0.3 is 0 Å². The van der Waals surface area contributed by atoms with Crippen molar-refractivity contribution >= 4 is 23.2 Å². The van der Waals surface area contributed by atoms with E-state index in [9.17, 15) is 9.59 Å². The van der Waals surface area contributed by atoms with Gasteiger partial charge in [-0.15, -0.1) is 0 Å². The molecule has 30 heavy (non-hydrogen) atoms. The van der Waals surface area contributed by atoms with Crippen LogP contribution in [0.1, 0.15) is 20.7 Å². The van der Waals surface area contributed by atoms with Crippen LogP contribution in [0.5, 0.6) is 17.2 Å². The minimum atomic E-state index is -0.361. The van der Waals surface area contributed by atoms with Gasteiger partial charge in [0.05, 0.1) is 32.6 Å². The Balaban J connectivity index is 1.83. The Kier molecular flexibility index (Phi) is 6.54. The highest BCUT2D eigenvalue weighted by atomic mass is 16.5. The van der Waals surface area contributed by atoms with Crippen LogP contribution in [-0.2, 0) is 0 Å². The number of anilines is 2. The number of ether oxygens (including phenoxy) is 3. The molecule has 2 N–H and O–H groups in total. The summed E-state index contributed by atoms with van der Waals surface area (Å²) in [5, 5.41) is 5.62. The maximum Gasteiger partial charge on any atom is 0.259 e. The molecule has 0 spiro atoms. The summed E-state index contributed by atoms with van der Waals surface area (Å²) in [4.78, 5) is 25.3. The molecule has 2 amide bonds. The van der Waals surface area contributed by atoms with E-state index in [0.29, 0.717) is 39.8 Å². The number of amides is 2. The summed E-state index contributed by atoms with van der Waals surface area (Å²) in [5.74, 6) is 0.797. The molecule has 0 aromatic heterocycles. The summed E-state index contributed by atoms with van der Waals surface area (Å²) in [6.07, 6.45) is 0. The average Bonchev–Trinajstić information content (AvgIpc) is 2.79. The van der Waals surface area contributed by atoms with Crippen LogP contribution in [0, 0.1) is 0 Å². The van der Waals surface area contributed by atoms with E-state index >= 15 is 0 Å². The number of benzene rings is 3. The maximum absolute atomic E-state index is 12.8. The SMILES string of the molecule is COc1ccc(C(=O)Nc2ccc(OC)c(NC(=O)c3ccccc3)c2)c(OC)c1. The molecule has 154 valence electrons. The summed E-state index contributed by atoms with van der Waals surface area (Å²) >= 11 is 0. The molecule has 7 nitrogen and oxygen atoms in total. The van der Waals surface area contributed by atoms with Gasteiger partial charge in [0.15, 0.2) is 0 Å². The van der Waals surface area contributed by atoms with Gasteiger partial charge in [0, 0.05) is 17.3 Å². The monoisotopic (exact) mass is 406 g/mol. The van der Waals surface area contributed by atoms with Crippen LogP contribution in [0.2, 0.25) is 0 Å². The van der Waals surface area contributed by atoms with Gasteiger partial charge in [-0.05, 0) is 42.5 Å². The quantitative estimate of drug-likeness (QED) is 0.614. The molecule has 0 heterocycles. The second-order valence-corrected chi connectivity index (χ2v) is 6.26.